The van der Waals surface area contributed by atoms with Gasteiger partial charge in [-0.25, -0.2) is 8.78 Å². The van der Waals surface area contributed by atoms with Crippen LogP contribution in [0.1, 0.15) is 5.56 Å². The number of piperazine rings is 1. The summed E-state index contributed by atoms with van der Waals surface area (Å²) in [4.78, 5) is 14.8. The van der Waals surface area contributed by atoms with Crippen LogP contribution in [0.5, 0.6) is 0 Å². The maximum Gasteiger partial charge on any atom is 0.279 e. The molecule has 0 unspecified atom stereocenters. The van der Waals surface area contributed by atoms with Gasteiger partial charge in [-0.1, -0.05) is 12.1 Å². The third-order valence-electron chi connectivity index (χ3n) is 4.55. The number of quaternary nitrogens is 2. The summed E-state index contributed by atoms with van der Waals surface area (Å²) in [5.41, 5.74) is 1.62. The number of carbonyl (C=O) groups is 1. The Hall–Kier alpha value is -2.31. The van der Waals surface area contributed by atoms with Crippen LogP contribution in [0.25, 0.3) is 0 Å². The van der Waals surface area contributed by atoms with Crippen molar-refractivity contribution in [3.63, 3.8) is 0 Å². The van der Waals surface area contributed by atoms with E-state index in [2.05, 4.69) is 5.32 Å². The molecule has 2 aromatic carbocycles. The molecule has 4 nitrogen and oxygen atoms in total. The summed E-state index contributed by atoms with van der Waals surface area (Å²) in [6.45, 7) is 4.94. The summed E-state index contributed by atoms with van der Waals surface area (Å²) in [5.74, 6) is -0.574. The Morgan fingerprint density at radius 3 is 2.28 bits per heavy atom. The van der Waals surface area contributed by atoms with Crippen molar-refractivity contribution >= 4 is 11.6 Å². The van der Waals surface area contributed by atoms with E-state index in [1.165, 1.54) is 28.0 Å². The molecule has 1 aliphatic rings. The number of nitrogens with one attached hydrogen (secondary N) is 3. The van der Waals surface area contributed by atoms with E-state index in [1.807, 2.05) is 6.07 Å². The molecule has 0 aromatic heterocycles. The van der Waals surface area contributed by atoms with Gasteiger partial charge < -0.3 is 15.1 Å². The molecule has 1 amide bonds. The second kappa shape index (κ2) is 8.18. The van der Waals surface area contributed by atoms with Gasteiger partial charge in [0.05, 0.1) is 0 Å². The molecular weight excluding hydrogens is 324 g/mol. The fourth-order valence-electron chi connectivity index (χ4n) is 3.21. The predicted molar refractivity (Wildman–Crippen MR) is 91.4 cm³/mol. The Labute approximate surface area is 146 Å². The first kappa shape index (κ1) is 17.5. The van der Waals surface area contributed by atoms with Crippen molar-refractivity contribution in [2.24, 2.45) is 0 Å². The SMILES string of the molecule is O=C(C[NH+]1CC[NH+](Cc2cccc(F)c2)CC1)Nc1ccc(F)cc1. The Morgan fingerprint density at radius 1 is 0.920 bits per heavy atom. The minimum absolute atomic E-state index is 0.0600. The average molecular weight is 347 g/mol. The van der Waals surface area contributed by atoms with E-state index in [0.29, 0.717) is 12.2 Å². The van der Waals surface area contributed by atoms with Crippen molar-refractivity contribution in [3.8, 4) is 0 Å². The van der Waals surface area contributed by atoms with E-state index in [-0.39, 0.29) is 17.5 Å². The van der Waals surface area contributed by atoms with Gasteiger partial charge in [0.2, 0.25) is 0 Å². The minimum Gasteiger partial charge on any atom is -0.322 e. The maximum atomic E-state index is 13.2. The van der Waals surface area contributed by atoms with Crippen LogP contribution < -0.4 is 15.1 Å². The standard InChI is InChI=1S/C19H21F2N3O/c20-16-4-6-18(7-5-16)22-19(25)14-24-10-8-23(9-11-24)13-15-2-1-3-17(21)12-15/h1-7,12H,8-11,13-14H2,(H,22,25)/p+2. The molecule has 0 bridgehead atoms. The van der Waals surface area contributed by atoms with Crippen molar-refractivity contribution in [3.05, 3.63) is 65.7 Å². The van der Waals surface area contributed by atoms with Crippen LogP contribution in [0.15, 0.2) is 48.5 Å². The summed E-state index contributed by atoms with van der Waals surface area (Å²) in [7, 11) is 0. The zero-order valence-corrected chi connectivity index (χ0v) is 14.0. The lowest BCUT2D eigenvalue weighted by atomic mass is 10.2. The Kier molecular flexibility index (Phi) is 5.73. The molecule has 132 valence electrons. The maximum absolute atomic E-state index is 13.2. The van der Waals surface area contributed by atoms with E-state index in [0.717, 1.165) is 38.3 Å². The molecule has 1 aliphatic heterocycles. The van der Waals surface area contributed by atoms with Crippen LogP contribution in [-0.4, -0.2) is 38.6 Å². The molecule has 1 fully saturated rings. The smallest absolute Gasteiger partial charge is 0.279 e. The number of hydrogen-bond acceptors (Lipinski definition) is 1. The van der Waals surface area contributed by atoms with Crippen LogP contribution >= 0.6 is 0 Å². The highest BCUT2D eigenvalue weighted by Crippen LogP contribution is 2.07. The highest BCUT2D eigenvalue weighted by molar-refractivity contribution is 5.91. The van der Waals surface area contributed by atoms with Crippen molar-refractivity contribution < 1.29 is 23.4 Å². The van der Waals surface area contributed by atoms with Crippen molar-refractivity contribution in [1.82, 2.24) is 0 Å². The van der Waals surface area contributed by atoms with E-state index in [1.54, 1.807) is 24.3 Å². The zero-order valence-electron chi connectivity index (χ0n) is 14.0. The van der Waals surface area contributed by atoms with E-state index in [9.17, 15) is 13.6 Å². The van der Waals surface area contributed by atoms with Crippen molar-refractivity contribution in [2.45, 2.75) is 6.54 Å². The van der Waals surface area contributed by atoms with E-state index in [4.69, 9.17) is 0 Å². The highest BCUT2D eigenvalue weighted by Gasteiger charge is 2.24. The molecule has 0 spiro atoms. The molecular formula is C19H23F2N3O+2. The Balaban J connectivity index is 1.42. The number of carbonyl (C=O) groups excluding carboxylic acids is 1. The summed E-state index contributed by atoms with van der Waals surface area (Å²) in [5, 5.41) is 2.80. The van der Waals surface area contributed by atoms with Gasteiger partial charge in [0.25, 0.3) is 5.91 Å². The first-order chi connectivity index (χ1) is 12.1. The third-order valence-corrected chi connectivity index (χ3v) is 4.55. The van der Waals surface area contributed by atoms with Crippen LogP contribution in [0.2, 0.25) is 0 Å². The predicted octanol–water partition coefficient (Wildman–Crippen LogP) is -0.113. The number of anilines is 1. The average Bonchev–Trinajstić information content (AvgIpc) is 2.59. The second-order valence-electron chi connectivity index (χ2n) is 6.54. The van der Waals surface area contributed by atoms with Gasteiger partial charge in [-0.05, 0) is 36.4 Å². The van der Waals surface area contributed by atoms with Crippen LogP contribution in [0.4, 0.5) is 14.5 Å². The van der Waals surface area contributed by atoms with Gasteiger partial charge in [0.15, 0.2) is 6.54 Å². The zero-order chi connectivity index (χ0) is 17.6. The Morgan fingerprint density at radius 2 is 1.60 bits per heavy atom. The summed E-state index contributed by atoms with van der Waals surface area (Å²) >= 11 is 0. The van der Waals surface area contributed by atoms with Crippen molar-refractivity contribution in [2.75, 3.05) is 38.0 Å². The highest BCUT2D eigenvalue weighted by atomic mass is 19.1. The molecule has 0 aliphatic carbocycles. The number of hydrogen-bond donors (Lipinski definition) is 3. The number of rotatable bonds is 5. The third kappa shape index (κ3) is 5.34. The van der Waals surface area contributed by atoms with Gasteiger partial charge in [0, 0.05) is 11.3 Å². The Bertz CT molecular complexity index is 713. The number of amides is 1. The number of halogens is 2. The quantitative estimate of drug-likeness (QED) is 0.694. The normalized spacial score (nSPS) is 20.2. The summed E-state index contributed by atoms with van der Waals surface area (Å²) in [6.07, 6.45) is 0. The molecule has 3 rings (SSSR count). The number of benzene rings is 2. The minimum atomic E-state index is -0.319. The van der Waals surface area contributed by atoms with Gasteiger partial charge in [-0.2, -0.15) is 0 Å². The molecule has 0 atom stereocenters. The lowest BCUT2D eigenvalue weighted by Gasteiger charge is -2.29. The second-order valence-corrected chi connectivity index (χ2v) is 6.54. The fourth-order valence-corrected chi connectivity index (χ4v) is 3.21. The van der Waals surface area contributed by atoms with Crippen LogP contribution in [0.3, 0.4) is 0 Å². The summed E-state index contributed by atoms with van der Waals surface area (Å²) < 4.78 is 26.1. The molecule has 0 radical (unpaired) electrons. The first-order valence-electron chi connectivity index (χ1n) is 8.55. The molecule has 6 heteroatoms. The lowest BCUT2D eigenvalue weighted by Crippen LogP contribution is -3.28. The van der Waals surface area contributed by atoms with Gasteiger partial charge in [-0.15, -0.1) is 0 Å². The van der Waals surface area contributed by atoms with Crippen LogP contribution in [0, 0.1) is 11.6 Å². The van der Waals surface area contributed by atoms with Crippen LogP contribution in [-0.2, 0) is 11.3 Å². The van der Waals surface area contributed by atoms with E-state index < -0.39 is 0 Å². The van der Waals surface area contributed by atoms with Crippen molar-refractivity contribution in [1.29, 1.82) is 0 Å². The monoisotopic (exact) mass is 347 g/mol. The first-order valence-corrected chi connectivity index (χ1v) is 8.55. The van der Waals surface area contributed by atoms with Gasteiger partial charge in [0.1, 0.15) is 44.4 Å². The molecule has 3 N–H and O–H groups in total. The van der Waals surface area contributed by atoms with E-state index >= 15 is 0 Å². The molecule has 1 heterocycles. The summed E-state index contributed by atoms with van der Waals surface area (Å²) in [6, 6.07) is 12.5. The fraction of sp³-hybridized carbons (Fsp3) is 0.316. The lowest BCUT2D eigenvalue weighted by molar-refractivity contribution is -1.02. The molecule has 0 saturated carbocycles. The molecule has 1 saturated heterocycles. The largest absolute Gasteiger partial charge is 0.322 e. The molecule has 2 aromatic rings. The van der Waals surface area contributed by atoms with Gasteiger partial charge >= 0.3 is 0 Å². The topological polar surface area (TPSA) is 38.0 Å². The van der Waals surface area contributed by atoms with Gasteiger partial charge in [-0.3, -0.25) is 4.79 Å². The molecule has 25 heavy (non-hydrogen) atoms.